The number of hydrogen-bond donors (Lipinski definition) is 5. The maximum Gasteiger partial charge on any atom is 0.490 e. The minimum Gasteiger partial charge on any atom is -0.475 e. The Hall–Kier alpha value is -2.47. The fraction of sp³-hybridized carbons (Fsp3) is 0.652. The van der Waals surface area contributed by atoms with Gasteiger partial charge in [0.25, 0.3) is 0 Å². The third-order valence-corrected chi connectivity index (χ3v) is 7.73. The lowest BCUT2D eigenvalue weighted by molar-refractivity contribution is -0.193. The number of halogens is 6. The molecule has 2 heterocycles. The van der Waals surface area contributed by atoms with Crippen LogP contribution in [0.3, 0.4) is 0 Å². The molecular formula is C23H31F6N3O7S. The van der Waals surface area contributed by atoms with Gasteiger partial charge in [-0.25, -0.2) is 22.7 Å². The number of rotatable bonds is 3. The van der Waals surface area contributed by atoms with Gasteiger partial charge in [-0.05, 0) is 49.9 Å². The Labute approximate surface area is 226 Å². The second kappa shape index (κ2) is 13.0. The Morgan fingerprint density at radius 3 is 1.85 bits per heavy atom. The number of aliphatic hydroxyl groups is 1. The van der Waals surface area contributed by atoms with Crippen LogP contribution in [0, 0.1) is 0 Å². The summed E-state index contributed by atoms with van der Waals surface area (Å²) in [6.45, 7) is 3.49. The summed E-state index contributed by atoms with van der Waals surface area (Å²) in [7, 11) is -3.17. The number of benzene rings is 1. The zero-order chi connectivity index (χ0) is 30.5. The molecule has 0 bridgehead atoms. The Bertz CT molecular complexity index is 1110. The lowest BCUT2D eigenvalue weighted by Crippen LogP contribution is -2.51. The van der Waals surface area contributed by atoms with E-state index in [0.717, 1.165) is 51.9 Å². The van der Waals surface area contributed by atoms with E-state index in [-0.39, 0.29) is 17.5 Å². The van der Waals surface area contributed by atoms with Crippen molar-refractivity contribution in [3.05, 3.63) is 35.4 Å². The highest BCUT2D eigenvalue weighted by atomic mass is 32.2. The standard InChI is InChI=1S/C19H29N3O3S.2C2HF3O2/c1-26(24,25)21-14-6-12-22(13-7-14)17-15-4-2-3-5-16(15)19(18(17)23)8-10-20-11-9-19;2*3-2(4,5)1(6)7/h2-5,14,17-18,20-21,23H,6-13H2,1H3;2*(H,6,7)/t17-,18+;;/m1../s1. The molecule has 0 saturated carbocycles. The molecule has 3 aliphatic rings. The predicted octanol–water partition coefficient (Wildman–Crippen LogP) is 2.00. The van der Waals surface area contributed by atoms with Gasteiger partial charge in [-0.3, -0.25) is 4.90 Å². The molecule has 2 atom stereocenters. The molecule has 0 radical (unpaired) electrons. The average molecular weight is 608 g/mol. The number of likely N-dealkylation sites (tertiary alicyclic amines) is 1. The van der Waals surface area contributed by atoms with Gasteiger partial charge in [0.05, 0.1) is 18.4 Å². The molecule has 4 rings (SSSR count). The molecule has 228 valence electrons. The van der Waals surface area contributed by atoms with Crippen LogP contribution in [0.25, 0.3) is 0 Å². The number of aliphatic carboxylic acids is 2. The van der Waals surface area contributed by atoms with Crippen LogP contribution in [0.15, 0.2) is 24.3 Å². The number of alkyl halides is 6. The van der Waals surface area contributed by atoms with Gasteiger partial charge in [0.2, 0.25) is 10.0 Å². The number of piperidine rings is 2. The Morgan fingerprint density at radius 1 is 0.975 bits per heavy atom. The molecule has 5 N–H and O–H groups in total. The predicted molar refractivity (Wildman–Crippen MR) is 129 cm³/mol. The SMILES string of the molecule is CS(=O)(=O)NC1CCN([C@@H]2c3ccccc3C3(CCNCC3)[C@H]2O)CC1.O=C(O)C(F)(F)F.O=C(O)C(F)(F)F. The van der Waals surface area contributed by atoms with Crippen LogP contribution in [0.2, 0.25) is 0 Å². The minimum absolute atomic E-state index is 0.00267. The first kappa shape index (κ1) is 33.7. The number of fused-ring (bicyclic) bond motifs is 2. The largest absolute Gasteiger partial charge is 0.490 e. The Balaban J connectivity index is 0.000000333. The zero-order valence-corrected chi connectivity index (χ0v) is 22.1. The summed E-state index contributed by atoms with van der Waals surface area (Å²) in [4.78, 5) is 20.2. The van der Waals surface area contributed by atoms with Crippen molar-refractivity contribution in [3.63, 3.8) is 0 Å². The molecular weight excluding hydrogens is 576 g/mol. The van der Waals surface area contributed by atoms with Gasteiger partial charge in [-0.15, -0.1) is 0 Å². The Morgan fingerprint density at radius 2 is 1.43 bits per heavy atom. The maximum absolute atomic E-state index is 11.5. The second-order valence-corrected chi connectivity index (χ2v) is 11.5. The van der Waals surface area contributed by atoms with Crippen LogP contribution in [-0.4, -0.2) is 97.5 Å². The summed E-state index contributed by atoms with van der Waals surface area (Å²) in [5.41, 5.74) is 2.43. The monoisotopic (exact) mass is 607 g/mol. The number of aliphatic hydroxyl groups excluding tert-OH is 1. The zero-order valence-electron chi connectivity index (χ0n) is 21.3. The molecule has 1 spiro atoms. The third-order valence-electron chi connectivity index (χ3n) is 6.97. The number of carboxylic acids is 2. The lowest BCUT2D eigenvalue weighted by atomic mass is 9.72. The molecule has 2 saturated heterocycles. The highest BCUT2D eigenvalue weighted by Gasteiger charge is 2.53. The smallest absolute Gasteiger partial charge is 0.475 e. The van der Waals surface area contributed by atoms with Gasteiger partial charge < -0.3 is 20.6 Å². The van der Waals surface area contributed by atoms with Gasteiger partial charge >= 0.3 is 24.3 Å². The summed E-state index contributed by atoms with van der Waals surface area (Å²) >= 11 is 0. The summed E-state index contributed by atoms with van der Waals surface area (Å²) in [6, 6.07) is 8.53. The van der Waals surface area contributed by atoms with Gasteiger partial charge in [-0.1, -0.05) is 24.3 Å². The highest BCUT2D eigenvalue weighted by molar-refractivity contribution is 7.88. The topological polar surface area (TPSA) is 156 Å². The van der Waals surface area contributed by atoms with E-state index in [1.165, 1.54) is 17.4 Å². The van der Waals surface area contributed by atoms with E-state index < -0.39 is 40.4 Å². The van der Waals surface area contributed by atoms with E-state index in [0.29, 0.717) is 0 Å². The summed E-state index contributed by atoms with van der Waals surface area (Å²) < 4.78 is 89.2. The minimum atomic E-state index is -5.08. The van der Waals surface area contributed by atoms with Crippen LogP contribution in [-0.2, 0) is 25.0 Å². The van der Waals surface area contributed by atoms with Crippen LogP contribution >= 0.6 is 0 Å². The molecule has 40 heavy (non-hydrogen) atoms. The average Bonchev–Trinajstić information content (AvgIpc) is 3.06. The van der Waals surface area contributed by atoms with E-state index in [2.05, 4.69) is 39.2 Å². The van der Waals surface area contributed by atoms with Crippen molar-refractivity contribution in [2.75, 3.05) is 32.4 Å². The first-order valence-corrected chi connectivity index (χ1v) is 14.0. The summed E-state index contributed by atoms with van der Waals surface area (Å²) in [5, 5.41) is 29.1. The number of nitrogens with zero attached hydrogens (tertiary/aromatic N) is 1. The summed E-state index contributed by atoms with van der Waals surface area (Å²) in [6.07, 6.45) is -5.85. The molecule has 2 aliphatic heterocycles. The Kier molecular flexibility index (Phi) is 11.0. The van der Waals surface area contributed by atoms with Crippen molar-refractivity contribution >= 4 is 22.0 Å². The fourth-order valence-electron chi connectivity index (χ4n) is 5.27. The van der Waals surface area contributed by atoms with E-state index >= 15 is 0 Å². The maximum atomic E-state index is 11.5. The molecule has 0 aromatic heterocycles. The molecule has 1 aromatic carbocycles. The molecule has 2 fully saturated rings. The van der Waals surface area contributed by atoms with E-state index in [1.807, 2.05) is 0 Å². The van der Waals surface area contributed by atoms with Gasteiger partial charge in [0.15, 0.2) is 0 Å². The fourth-order valence-corrected chi connectivity index (χ4v) is 6.11. The molecule has 0 amide bonds. The summed E-state index contributed by atoms with van der Waals surface area (Å²) in [5.74, 6) is -5.51. The first-order valence-electron chi connectivity index (χ1n) is 12.1. The number of nitrogens with one attached hydrogen (secondary N) is 2. The van der Waals surface area contributed by atoms with Crippen molar-refractivity contribution in [2.45, 2.75) is 61.6 Å². The van der Waals surface area contributed by atoms with E-state index in [9.17, 15) is 39.9 Å². The van der Waals surface area contributed by atoms with E-state index in [1.54, 1.807) is 0 Å². The molecule has 1 aromatic rings. The molecule has 0 unspecified atom stereocenters. The van der Waals surface area contributed by atoms with Crippen molar-refractivity contribution in [1.29, 1.82) is 0 Å². The van der Waals surface area contributed by atoms with Crippen molar-refractivity contribution < 1.29 is 59.7 Å². The lowest BCUT2D eigenvalue weighted by Gasteiger charge is -2.42. The van der Waals surface area contributed by atoms with Crippen LogP contribution < -0.4 is 10.0 Å². The van der Waals surface area contributed by atoms with Crippen LogP contribution in [0.4, 0.5) is 26.3 Å². The van der Waals surface area contributed by atoms with Crippen LogP contribution in [0.1, 0.15) is 42.9 Å². The number of carboxylic acid groups (broad SMARTS) is 2. The first-order chi connectivity index (χ1) is 18.3. The normalized spacial score (nSPS) is 23.3. The third kappa shape index (κ3) is 8.76. The number of sulfonamides is 1. The number of carbonyl (C=O) groups is 2. The van der Waals surface area contributed by atoms with Gasteiger partial charge in [-0.2, -0.15) is 26.3 Å². The highest BCUT2D eigenvalue weighted by Crippen LogP contribution is 2.52. The van der Waals surface area contributed by atoms with Crippen molar-refractivity contribution in [2.24, 2.45) is 0 Å². The number of hydrogen-bond acceptors (Lipinski definition) is 7. The quantitative estimate of drug-likeness (QED) is 0.325. The molecule has 1 aliphatic carbocycles. The van der Waals surface area contributed by atoms with Gasteiger partial charge in [0.1, 0.15) is 0 Å². The molecule has 17 heteroatoms. The van der Waals surface area contributed by atoms with Gasteiger partial charge in [0, 0.05) is 24.5 Å². The molecule has 10 nitrogen and oxygen atoms in total. The van der Waals surface area contributed by atoms with Crippen LogP contribution in [0.5, 0.6) is 0 Å². The second-order valence-electron chi connectivity index (χ2n) is 9.69. The van der Waals surface area contributed by atoms with Crippen molar-refractivity contribution in [3.8, 4) is 0 Å². The van der Waals surface area contributed by atoms with Crippen molar-refractivity contribution in [1.82, 2.24) is 14.9 Å². The van der Waals surface area contributed by atoms with E-state index in [4.69, 9.17) is 19.8 Å².